The summed E-state index contributed by atoms with van der Waals surface area (Å²) in [5, 5.41) is 9.30. The second-order valence-corrected chi connectivity index (χ2v) is 4.51. The Morgan fingerprint density at radius 2 is 2.47 bits per heavy atom. The van der Waals surface area contributed by atoms with E-state index >= 15 is 0 Å². The summed E-state index contributed by atoms with van der Waals surface area (Å²) in [6.45, 7) is 0.525. The van der Waals surface area contributed by atoms with Crippen molar-refractivity contribution in [2.75, 3.05) is 6.54 Å². The fourth-order valence-electron chi connectivity index (χ4n) is 1.49. The molecule has 2 N–H and O–H groups in total. The average Bonchev–Trinajstić information content (AvgIpc) is 2.88. The van der Waals surface area contributed by atoms with E-state index in [0.29, 0.717) is 18.7 Å². The zero-order valence-electron chi connectivity index (χ0n) is 9.27. The lowest BCUT2D eigenvalue weighted by molar-refractivity contribution is 0.0946. The first kappa shape index (κ1) is 11.8. The normalized spacial score (nSPS) is 10.5. The predicted molar refractivity (Wildman–Crippen MR) is 65.5 cm³/mol. The molecule has 0 unspecified atom stereocenters. The summed E-state index contributed by atoms with van der Waals surface area (Å²) >= 11 is 3.33. The highest BCUT2D eigenvalue weighted by atomic mass is 79.9. The molecule has 0 saturated carbocycles. The lowest BCUT2D eigenvalue weighted by atomic mass is 10.3. The number of aromatic nitrogens is 4. The van der Waals surface area contributed by atoms with Crippen LogP contribution in [0.1, 0.15) is 16.3 Å². The number of hydrogen-bond acceptors (Lipinski definition) is 3. The molecular weight excluding hydrogens is 286 g/mol. The van der Waals surface area contributed by atoms with Crippen molar-refractivity contribution in [3.8, 4) is 0 Å². The molecule has 2 heterocycles. The first-order chi connectivity index (χ1) is 8.16. The number of aromatic amines is 1. The van der Waals surface area contributed by atoms with E-state index < -0.39 is 0 Å². The van der Waals surface area contributed by atoms with Crippen LogP contribution in [-0.4, -0.2) is 32.2 Å². The van der Waals surface area contributed by atoms with Gasteiger partial charge < -0.3 is 9.88 Å². The fourth-order valence-corrected chi connectivity index (χ4v) is 2.01. The summed E-state index contributed by atoms with van der Waals surface area (Å²) in [5.41, 5.74) is 0.620. The molecule has 0 aliphatic rings. The van der Waals surface area contributed by atoms with Crippen molar-refractivity contribution in [3.05, 3.63) is 34.6 Å². The van der Waals surface area contributed by atoms with Crippen molar-refractivity contribution in [2.24, 2.45) is 7.05 Å². The molecular formula is C10H12BrN5O. The Bertz CT molecular complexity index is 505. The molecule has 90 valence electrons. The Morgan fingerprint density at radius 3 is 3.06 bits per heavy atom. The minimum absolute atomic E-state index is 0.0993. The SMILES string of the molecule is Cn1cc(Br)cc1C(=O)NCCc1ncn[nH]1. The summed E-state index contributed by atoms with van der Waals surface area (Å²) in [7, 11) is 1.83. The third-order valence-corrected chi connectivity index (χ3v) is 2.75. The van der Waals surface area contributed by atoms with Crippen LogP contribution >= 0.6 is 15.9 Å². The number of carbonyl (C=O) groups is 1. The first-order valence-corrected chi connectivity index (χ1v) is 5.90. The van der Waals surface area contributed by atoms with Crippen molar-refractivity contribution in [2.45, 2.75) is 6.42 Å². The van der Waals surface area contributed by atoms with Crippen LogP contribution in [-0.2, 0) is 13.5 Å². The Kier molecular flexibility index (Phi) is 3.58. The van der Waals surface area contributed by atoms with E-state index in [1.54, 1.807) is 10.6 Å². The van der Waals surface area contributed by atoms with Gasteiger partial charge in [0.1, 0.15) is 17.8 Å². The molecule has 0 fully saturated rings. The van der Waals surface area contributed by atoms with Gasteiger partial charge in [-0.1, -0.05) is 0 Å². The quantitative estimate of drug-likeness (QED) is 0.879. The predicted octanol–water partition coefficient (Wildman–Crippen LogP) is 0.878. The van der Waals surface area contributed by atoms with Crippen molar-refractivity contribution in [1.82, 2.24) is 25.1 Å². The molecule has 2 aromatic heterocycles. The third kappa shape index (κ3) is 2.94. The summed E-state index contributed by atoms with van der Waals surface area (Å²) < 4.78 is 2.66. The van der Waals surface area contributed by atoms with Gasteiger partial charge in [-0.15, -0.1) is 0 Å². The Hall–Kier alpha value is -1.63. The molecule has 17 heavy (non-hydrogen) atoms. The number of amides is 1. The zero-order valence-corrected chi connectivity index (χ0v) is 10.9. The Labute approximate surface area is 107 Å². The molecule has 7 heteroatoms. The molecule has 0 atom stereocenters. The largest absolute Gasteiger partial charge is 0.350 e. The number of aryl methyl sites for hydroxylation is 1. The number of nitrogens with zero attached hydrogens (tertiary/aromatic N) is 3. The van der Waals surface area contributed by atoms with Gasteiger partial charge in [-0.3, -0.25) is 9.89 Å². The Balaban J connectivity index is 1.87. The molecule has 6 nitrogen and oxygen atoms in total. The van der Waals surface area contributed by atoms with Crippen LogP contribution in [0.5, 0.6) is 0 Å². The van der Waals surface area contributed by atoms with Crippen LogP contribution in [0.25, 0.3) is 0 Å². The minimum Gasteiger partial charge on any atom is -0.350 e. The van der Waals surface area contributed by atoms with Crippen molar-refractivity contribution in [3.63, 3.8) is 0 Å². The maximum atomic E-state index is 11.8. The Morgan fingerprint density at radius 1 is 1.65 bits per heavy atom. The van der Waals surface area contributed by atoms with Gasteiger partial charge in [0.2, 0.25) is 0 Å². The number of H-pyrrole nitrogens is 1. The number of rotatable bonds is 4. The monoisotopic (exact) mass is 297 g/mol. The summed E-state index contributed by atoms with van der Waals surface area (Å²) in [6, 6.07) is 1.78. The van der Waals surface area contributed by atoms with Gasteiger partial charge in [0, 0.05) is 30.7 Å². The number of halogens is 1. The molecule has 0 radical (unpaired) electrons. The molecule has 0 aromatic carbocycles. The standard InChI is InChI=1S/C10H12BrN5O/c1-16-5-7(11)4-8(16)10(17)12-3-2-9-13-6-14-15-9/h4-6H,2-3H2,1H3,(H,12,17)(H,13,14,15). The van der Waals surface area contributed by atoms with E-state index in [9.17, 15) is 4.79 Å². The highest BCUT2D eigenvalue weighted by Crippen LogP contribution is 2.13. The topological polar surface area (TPSA) is 75.6 Å². The minimum atomic E-state index is -0.0993. The van der Waals surface area contributed by atoms with Crippen LogP contribution in [0.2, 0.25) is 0 Å². The lowest BCUT2D eigenvalue weighted by Crippen LogP contribution is -2.27. The third-order valence-electron chi connectivity index (χ3n) is 2.32. The second kappa shape index (κ2) is 5.13. The van der Waals surface area contributed by atoms with Crippen LogP contribution in [0, 0.1) is 0 Å². The molecule has 2 rings (SSSR count). The highest BCUT2D eigenvalue weighted by molar-refractivity contribution is 9.10. The van der Waals surface area contributed by atoms with Crippen LogP contribution < -0.4 is 5.32 Å². The van der Waals surface area contributed by atoms with E-state index in [0.717, 1.165) is 10.3 Å². The van der Waals surface area contributed by atoms with E-state index in [4.69, 9.17) is 0 Å². The van der Waals surface area contributed by atoms with Gasteiger partial charge in [0.25, 0.3) is 5.91 Å². The van der Waals surface area contributed by atoms with Gasteiger partial charge in [-0.2, -0.15) is 5.10 Å². The first-order valence-electron chi connectivity index (χ1n) is 5.11. The van der Waals surface area contributed by atoms with Gasteiger partial charge in [-0.25, -0.2) is 4.98 Å². The van der Waals surface area contributed by atoms with Crippen molar-refractivity contribution < 1.29 is 4.79 Å². The van der Waals surface area contributed by atoms with Gasteiger partial charge in [-0.05, 0) is 22.0 Å². The molecule has 0 bridgehead atoms. The second-order valence-electron chi connectivity index (χ2n) is 3.59. The van der Waals surface area contributed by atoms with E-state index in [1.165, 1.54) is 6.33 Å². The van der Waals surface area contributed by atoms with Gasteiger partial charge in [0.05, 0.1) is 0 Å². The smallest absolute Gasteiger partial charge is 0.267 e. The maximum absolute atomic E-state index is 11.8. The summed E-state index contributed by atoms with van der Waals surface area (Å²) in [4.78, 5) is 15.8. The van der Waals surface area contributed by atoms with E-state index in [1.807, 2.05) is 13.2 Å². The van der Waals surface area contributed by atoms with Crippen molar-refractivity contribution >= 4 is 21.8 Å². The molecule has 0 spiro atoms. The average molecular weight is 298 g/mol. The van der Waals surface area contributed by atoms with Crippen LogP contribution in [0.3, 0.4) is 0 Å². The van der Waals surface area contributed by atoms with Crippen LogP contribution in [0.4, 0.5) is 0 Å². The molecule has 0 saturated heterocycles. The van der Waals surface area contributed by atoms with Gasteiger partial charge in [0.15, 0.2) is 0 Å². The molecule has 0 aliphatic heterocycles. The molecule has 2 aromatic rings. The maximum Gasteiger partial charge on any atom is 0.267 e. The highest BCUT2D eigenvalue weighted by Gasteiger charge is 2.10. The number of carbonyl (C=O) groups excluding carboxylic acids is 1. The van der Waals surface area contributed by atoms with Crippen molar-refractivity contribution in [1.29, 1.82) is 0 Å². The molecule has 0 aliphatic carbocycles. The number of hydrogen-bond donors (Lipinski definition) is 2. The van der Waals surface area contributed by atoms with E-state index in [2.05, 4.69) is 36.4 Å². The zero-order chi connectivity index (χ0) is 12.3. The van der Waals surface area contributed by atoms with E-state index in [-0.39, 0.29) is 5.91 Å². The fraction of sp³-hybridized carbons (Fsp3) is 0.300. The van der Waals surface area contributed by atoms with Crippen LogP contribution in [0.15, 0.2) is 23.1 Å². The number of nitrogens with one attached hydrogen (secondary N) is 2. The molecule has 1 amide bonds. The lowest BCUT2D eigenvalue weighted by Gasteiger charge is -2.04. The van der Waals surface area contributed by atoms with Gasteiger partial charge >= 0.3 is 0 Å². The summed E-state index contributed by atoms with van der Waals surface area (Å²) in [5.74, 6) is 0.663. The summed E-state index contributed by atoms with van der Waals surface area (Å²) in [6.07, 6.45) is 3.92.